The van der Waals surface area contributed by atoms with Gasteiger partial charge in [-0.1, -0.05) is 18.2 Å². The van der Waals surface area contributed by atoms with Gasteiger partial charge in [-0.2, -0.15) is 0 Å². The second-order valence-electron chi connectivity index (χ2n) is 5.73. The number of rotatable bonds is 7. The zero-order chi connectivity index (χ0) is 15.4. The Balaban J connectivity index is 1.66. The monoisotopic (exact) mass is 319 g/mol. The van der Waals surface area contributed by atoms with Crippen molar-refractivity contribution >= 4 is 17.2 Å². The van der Waals surface area contributed by atoms with Crippen LogP contribution in [0.2, 0.25) is 0 Å². The Hall–Kier alpha value is -1.72. The maximum absolute atomic E-state index is 13.0. The summed E-state index contributed by atoms with van der Waals surface area (Å²) >= 11 is 1.65. The van der Waals surface area contributed by atoms with E-state index in [1.807, 2.05) is 22.4 Å². The molecular weight excluding hydrogens is 299 g/mol. The van der Waals surface area contributed by atoms with E-state index in [-0.39, 0.29) is 11.7 Å². The van der Waals surface area contributed by atoms with E-state index in [0.29, 0.717) is 25.7 Å². The van der Waals surface area contributed by atoms with Crippen molar-refractivity contribution in [2.45, 2.75) is 32.0 Å². The Morgan fingerprint density at radius 1 is 1.23 bits per heavy atom. The van der Waals surface area contributed by atoms with Crippen LogP contribution in [0.3, 0.4) is 0 Å². The normalized spacial score (nSPS) is 14.0. The van der Waals surface area contributed by atoms with Crippen LogP contribution in [-0.2, 0) is 17.9 Å². The molecule has 22 heavy (non-hydrogen) atoms. The zero-order valence-corrected chi connectivity index (χ0v) is 13.2. The van der Waals surface area contributed by atoms with Crippen molar-refractivity contribution in [2.24, 2.45) is 0 Å². The van der Waals surface area contributed by atoms with E-state index >= 15 is 0 Å². The molecule has 116 valence electrons. The number of hydrogen-bond donors (Lipinski definition) is 1. The molecule has 0 radical (unpaired) electrons. The SMILES string of the molecule is O=C(C[NH2+]C1CC1)N(Cc1ccc(F)cc1)Cc1cccs1. The molecule has 5 heteroatoms. The van der Waals surface area contributed by atoms with Crippen LogP contribution in [0, 0.1) is 5.82 Å². The number of carbonyl (C=O) groups excluding carboxylic acids is 1. The van der Waals surface area contributed by atoms with Gasteiger partial charge in [-0.05, 0) is 29.1 Å². The molecule has 1 aromatic carbocycles. The van der Waals surface area contributed by atoms with Gasteiger partial charge in [0.25, 0.3) is 5.91 Å². The molecule has 0 saturated heterocycles. The number of amides is 1. The van der Waals surface area contributed by atoms with E-state index in [2.05, 4.69) is 5.32 Å². The Kier molecular flexibility index (Phi) is 4.85. The molecule has 3 nitrogen and oxygen atoms in total. The molecule has 1 fully saturated rings. The van der Waals surface area contributed by atoms with Crippen LogP contribution in [0.25, 0.3) is 0 Å². The molecule has 1 saturated carbocycles. The lowest BCUT2D eigenvalue weighted by Gasteiger charge is -2.21. The van der Waals surface area contributed by atoms with Crippen molar-refractivity contribution < 1.29 is 14.5 Å². The lowest BCUT2D eigenvalue weighted by molar-refractivity contribution is -0.658. The largest absolute Gasteiger partial charge is 0.336 e. The Morgan fingerprint density at radius 2 is 2.00 bits per heavy atom. The van der Waals surface area contributed by atoms with E-state index in [1.54, 1.807) is 23.5 Å². The van der Waals surface area contributed by atoms with Crippen LogP contribution < -0.4 is 5.32 Å². The Bertz CT molecular complexity index is 608. The zero-order valence-electron chi connectivity index (χ0n) is 12.4. The number of quaternary nitrogens is 1. The number of thiophene rings is 1. The summed E-state index contributed by atoms with van der Waals surface area (Å²) < 4.78 is 13.0. The fraction of sp³-hybridized carbons (Fsp3) is 0.353. The lowest BCUT2D eigenvalue weighted by atomic mass is 10.2. The first-order valence-electron chi connectivity index (χ1n) is 7.58. The summed E-state index contributed by atoms with van der Waals surface area (Å²) in [6.45, 7) is 1.64. The van der Waals surface area contributed by atoms with E-state index in [0.717, 1.165) is 5.56 Å². The predicted molar refractivity (Wildman–Crippen MR) is 84.8 cm³/mol. The van der Waals surface area contributed by atoms with Gasteiger partial charge in [0.2, 0.25) is 0 Å². The predicted octanol–water partition coefficient (Wildman–Crippen LogP) is 2.14. The quantitative estimate of drug-likeness (QED) is 0.834. The molecule has 1 aliphatic rings. The number of hydrogen-bond acceptors (Lipinski definition) is 2. The summed E-state index contributed by atoms with van der Waals surface area (Å²) in [5.41, 5.74) is 0.956. The van der Waals surface area contributed by atoms with Crippen molar-refractivity contribution in [1.29, 1.82) is 0 Å². The van der Waals surface area contributed by atoms with Gasteiger partial charge in [0.15, 0.2) is 6.54 Å². The second kappa shape index (κ2) is 7.03. The summed E-state index contributed by atoms with van der Waals surface area (Å²) in [5.74, 6) is -0.105. The number of carbonyl (C=O) groups is 1. The third kappa shape index (κ3) is 4.39. The van der Waals surface area contributed by atoms with Crippen molar-refractivity contribution in [3.63, 3.8) is 0 Å². The van der Waals surface area contributed by atoms with Gasteiger partial charge in [-0.25, -0.2) is 4.39 Å². The van der Waals surface area contributed by atoms with Gasteiger partial charge in [-0.3, -0.25) is 4.79 Å². The summed E-state index contributed by atoms with van der Waals surface area (Å²) in [7, 11) is 0. The molecule has 0 unspecified atom stereocenters. The molecule has 0 spiro atoms. The van der Waals surface area contributed by atoms with Crippen LogP contribution in [0.15, 0.2) is 41.8 Å². The third-order valence-corrected chi connectivity index (χ3v) is 4.68. The van der Waals surface area contributed by atoms with Crippen LogP contribution in [-0.4, -0.2) is 23.4 Å². The molecule has 1 amide bonds. The van der Waals surface area contributed by atoms with E-state index < -0.39 is 0 Å². The molecule has 0 atom stereocenters. The van der Waals surface area contributed by atoms with Gasteiger partial charge in [0, 0.05) is 24.3 Å². The fourth-order valence-corrected chi connectivity index (χ4v) is 3.08. The first kappa shape index (κ1) is 15.2. The lowest BCUT2D eigenvalue weighted by Crippen LogP contribution is -2.88. The fourth-order valence-electron chi connectivity index (χ4n) is 2.36. The molecule has 2 aromatic rings. The van der Waals surface area contributed by atoms with Gasteiger partial charge < -0.3 is 10.2 Å². The number of benzene rings is 1. The maximum Gasteiger partial charge on any atom is 0.278 e. The second-order valence-corrected chi connectivity index (χ2v) is 6.77. The minimum Gasteiger partial charge on any atom is -0.336 e. The highest BCUT2D eigenvalue weighted by molar-refractivity contribution is 7.09. The maximum atomic E-state index is 13.0. The molecule has 3 rings (SSSR count). The van der Waals surface area contributed by atoms with Crippen LogP contribution >= 0.6 is 11.3 Å². The summed E-state index contributed by atoms with van der Waals surface area (Å²) in [6.07, 6.45) is 2.44. The standard InChI is InChI=1S/C17H19FN2OS/c18-14-5-3-13(4-6-14)11-20(12-16-2-1-9-22-16)17(21)10-19-15-7-8-15/h1-6,9,15,19H,7-8,10-12H2/p+1. The first-order chi connectivity index (χ1) is 10.7. The van der Waals surface area contributed by atoms with Gasteiger partial charge >= 0.3 is 0 Å². The first-order valence-corrected chi connectivity index (χ1v) is 8.46. The molecule has 1 heterocycles. The number of nitrogens with two attached hydrogens (primary N) is 1. The summed E-state index contributed by atoms with van der Waals surface area (Å²) in [6, 6.07) is 11.1. The smallest absolute Gasteiger partial charge is 0.278 e. The number of nitrogens with zero attached hydrogens (tertiary/aromatic N) is 1. The molecule has 0 aliphatic heterocycles. The molecule has 1 aromatic heterocycles. The molecule has 2 N–H and O–H groups in total. The van der Waals surface area contributed by atoms with E-state index in [9.17, 15) is 9.18 Å². The van der Waals surface area contributed by atoms with Gasteiger partial charge in [0.1, 0.15) is 5.82 Å². The molecule has 0 bridgehead atoms. The van der Waals surface area contributed by atoms with Crippen LogP contribution in [0.5, 0.6) is 0 Å². The Morgan fingerprint density at radius 3 is 2.64 bits per heavy atom. The van der Waals surface area contributed by atoms with E-state index in [1.165, 1.54) is 29.9 Å². The third-order valence-electron chi connectivity index (χ3n) is 3.81. The van der Waals surface area contributed by atoms with Crippen LogP contribution in [0.1, 0.15) is 23.3 Å². The topological polar surface area (TPSA) is 36.9 Å². The highest BCUT2D eigenvalue weighted by Crippen LogP contribution is 2.16. The molecule has 1 aliphatic carbocycles. The highest BCUT2D eigenvalue weighted by Gasteiger charge is 2.27. The minimum atomic E-state index is -0.248. The van der Waals surface area contributed by atoms with Crippen molar-refractivity contribution in [3.8, 4) is 0 Å². The van der Waals surface area contributed by atoms with Crippen LogP contribution in [0.4, 0.5) is 4.39 Å². The van der Waals surface area contributed by atoms with Crippen molar-refractivity contribution in [2.75, 3.05) is 6.54 Å². The average molecular weight is 319 g/mol. The Labute approximate surface area is 133 Å². The summed E-state index contributed by atoms with van der Waals surface area (Å²) in [4.78, 5) is 15.5. The van der Waals surface area contributed by atoms with Gasteiger partial charge in [0.05, 0.1) is 12.6 Å². The average Bonchev–Trinajstić information content (AvgIpc) is 3.21. The van der Waals surface area contributed by atoms with Crippen molar-refractivity contribution in [1.82, 2.24) is 4.90 Å². The number of halogens is 1. The highest BCUT2D eigenvalue weighted by atomic mass is 32.1. The minimum absolute atomic E-state index is 0.143. The van der Waals surface area contributed by atoms with E-state index in [4.69, 9.17) is 0 Å². The summed E-state index contributed by atoms with van der Waals surface area (Å²) in [5, 5.41) is 4.15. The van der Waals surface area contributed by atoms with Gasteiger partial charge in [-0.15, -0.1) is 11.3 Å². The van der Waals surface area contributed by atoms with Crippen molar-refractivity contribution in [3.05, 3.63) is 58.0 Å². The molecular formula is C17H20FN2OS+.